The first-order valence-corrected chi connectivity index (χ1v) is 6.34. The fourth-order valence-corrected chi connectivity index (χ4v) is 2.14. The van der Waals surface area contributed by atoms with Crippen LogP contribution in [0.15, 0.2) is 0 Å². The van der Waals surface area contributed by atoms with Crippen molar-refractivity contribution in [1.29, 1.82) is 0 Å². The van der Waals surface area contributed by atoms with Crippen LogP contribution in [-0.2, 0) is 4.79 Å². The van der Waals surface area contributed by atoms with E-state index in [4.69, 9.17) is 5.73 Å². The quantitative estimate of drug-likeness (QED) is 0.659. The standard InChI is InChI=1S/C12H23N3O3/c1-7(2)11(17)14-10-4-9(8(3)16)5-15(6-10)12(13)18/h7-10,16H,4-6H2,1-3H3,(H2,13,18)(H,14,17). The van der Waals surface area contributed by atoms with Crippen LogP contribution in [0.25, 0.3) is 0 Å². The molecule has 3 unspecified atom stereocenters. The average Bonchev–Trinajstić information content (AvgIpc) is 2.28. The van der Waals surface area contributed by atoms with Crippen LogP contribution >= 0.6 is 0 Å². The van der Waals surface area contributed by atoms with Crippen molar-refractivity contribution in [3.8, 4) is 0 Å². The number of amides is 3. The molecule has 3 atom stereocenters. The number of likely N-dealkylation sites (tertiary alicyclic amines) is 1. The Labute approximate surface area is 108 Å². The van der Waals surface area contributed by atoms with Gasteiger partial charge in [-0.25, -0.2) is 4.79 Å². The number of nitrogens with two attached hydrogens (primary N) is 1. The van der Waals surface area contributed by atoms with Crippen molar-refractivity contribution < 1.29 is 14.7 Å². The van der Waals surface area contributed by atoms with Crippen molar-refractivity contribution in [2.45, 2.75) is 39.3 Å². The number of hydrogen-bond donors (Lipinski definition) is 3. The van der Waals surface area contributed by atoms with E-state index in [-0.39, 0.29) is 23.8 Å². The number of carbonyl (C=O) groups excluding carboxylic acids is 2. The maximum absolute atomic E-state index is 11.7. The zero-order valence-corrected chi connectivity index (χ0v) is 11.2. The highest BCUT2D eigenvalue weighted by Gasteiger charge is 2.32. The van der Waals surface area contributed by atoms with E-state index in [2.05, 4.69) is 5.32 Å². The Balaban J connectivity index is 2.67. The molecule has 0 radical (unpaired) electrons. The molecule has 4 N–H and O–H groups in total. The van der Waals surface area contributed by atoms with Gasteiger partial charge < -0.3 is 21.1 Å². The number of hydrogen-bond acceptors (Lipinski definition) is 3. The van der Waals surface area contributed by atoms with Gasteiger partial charge in [0.1, 0.15) is 0 Å². The average molecular weight is 257 g/mol. The number of nitrogens with zero attached hydrogens (tertiary/aromatic N) is 1. The number of rotatable bonds is 3. The number of carbonyl (C=O) groups is 2. The molecule has 6 heteroatoms. The van der Waals surface area contributed by atoms with Crippen molar-refractivity contribution in [3.05, 3.63) is 0 Å². The van der Waals surface area contributed by atoms with Gasteiger partial charge in [-0.1, -0.05) is 13.8 Å². The maximum atomic E-state index is 11.7. The lowest BCUT2D eigenvalue weighted by Crippen LogP contribution is -2.56. The van der Waals surface area contributed by atoms with Crippen molar-refractivity contribution in [3.63, 3.8) is 0 Å². The Kier molecular flexibility index (Phi) is 4.95. The second-order valence-corrected chi connectivity index (χ2v) is 5.34. The lowest BCUT2D eigenvalue weighted by molar-refractivity contribution is -0.125. The van der Waals surface area contributed by atoms with Gasteiger partial charge in [0.15, 0.2) is 0 Å². The fraction of sp³-hybridized carbons (Fsp3) is 0.833. The van der Waals surface area contributed by atoms with Crippen molar-refractivity contribution >= 4 is 11.9 Å². The molecule has 3 amide bonds. The molecule has 104 valence electrons. The third-order valence-electron chi connectivity index (χ3n) is 3.35. The van der Waals surface area contributed by atoms with Gasteiger partial charge in [0.25, 0.3) is 0 Å². The first-order chi connectivity index (χ1) is 8.31. The van der Waals surface area contributed by atoms with E-state index in [0.29, 0.717) is 19.5 Å². The van der Waals surface area contributed by atoms with E-state index in [0.717, 1.165) is 0 Å². The smallest absolute Gasteiger partial charge is 0.314 e. The molecule has 1 aliphatic heterocycles. The summed E-state index contributed by atoms with van der Waals surface area (Å²) in [7, 11) is 0. The van der Waals surface area contributed by atoms with Crippen LogP contribution < -0.4 is 11.1 Å². The number of primary amides is 1. The third-order valence-corrected chi connectivity index (χ3v) is 3.35. The highest BCUT2D eigenvalue weighted by Crippen LogP contribution is 2.20. The Hall–Kier alpha value is -1.30. The van der Waals surface area contributed by atoms with Crippen LogP contribution in [-0.4, -0.2) is 47.2 Å². The highest BCUT2D eigenvalue weighted by molar-refractivity contribution is 5.78. The second-order valence-electron chi connectivity index (χ2n) is 5.34. The molecule has 1 saturated heterocycles. The summed E-state index contributed by atoms with van der Waals surface area (Å²) in [5.41, 5.74) is 5.28. The zero-order chi connectivity index (χ0) is 13.9. The van der Waals surface area contributed by atoms with E-state index >= 15 is 0 Å². The number of piperidine rings is 1. The number of urea groups is 1. The molecule has 1 fully saturated rings. The predicted octanol–water partition coefficient (Wildman–Crippen LogP) is -0.0914. The first-order valence-electron chi connectivity index (χ1n) is 6.34. The van der Waals surface area contributed by atoms with Gasteiger partial charge in [0.2, 0.25) is 5.91 Å². The van der Waals surface area contributed by atoms with E-state index in [1.54, 1.807) is 6.92 Å². The van der Waals surface area contributed by atoms with Gasteiger partial charge in [-0.05, 0) is 13.3 Å². The Morgan fingerprint density at radius 3 is 2.39 bits per heavy atom. The molecule has 1 rings (SSSR count). The Morgan fingerprint density at radius 1 is 1.33 bits per heavy atom. The molecule has 1 aliphatic rings. The number of aliphatic hydroxyl groups excluding tert-OH is 1. The second kappa shape index (κ2) is 6.04. The molecule has 18 heavy (non-hydrogen) atoms. The van der Waals surface area contributed by atoms with Crippen molar-refractivity contribution in [2.24, 2.45) is 17.6 Å². The van der Waals surface area contributed by atoms with Gasteiger partial charge in [-0.3, -0.25) is 4.79 Å². The molecule has 0 bridgehead atoms. The molecular formula is C12H23N3O3. The minimum atomic E-state index is -0.523. The molecule has 0 aromatic heterocycles. The molecule has 0 aromatic rings. The summed E-state index contributed by atoms with van der Waals surface area (Å²) in [6.45, 7) is 6.18. The summed E-state index contributed by atoms with van der Waals surface area (Å²) in [5, 5.41) is 12.5. The van der Waals surface area contributed by atoms with Crippen molar-refractivity contribution in [2.75, 3.05) is 13.1 Å². The van der Waals surface area contributed by atoms with Gasteiger partial charge in [-0.2, -0.15) is 0 Å². The van der Waals surface area contributed by atoms with Gasteiger partial charge in [0.05, 0.1) is 6.10 Å². The largest absolute Gasteiger partial charge is 0.393 e. The Bertz CT molecular complexity index is 318. The Morgan fingerprint density at radius 2 is 1.94 bits per heavy atom. The highest BCUT2D eigenvalue weighted by atomic mass is 16.3. The summed E-state index contributed by atoms with van der Waals surface area (Å²) in [5.74, 6) is -0.196. The van der Waals surface area contributed by atoms with E-state index in [1.165, 1.54) is 4.90 Å². The number of aliphatic hydroxyl groups is 1. The maximum Gasteiger partial charge on any atom is 0.314 e. The molecule has 0 saturated carbocycles. The SMILES string of the molecule is CC(C)C(=O)NC1CC(C(C)O)CN(C(N)=O)C1. The summed E-state index contributed by atoms with van der Waals surface area (Å²) in [4.78, 5) is 24.4. The molecule has 0 aromatic carbocycles. The lowest BCUT2D eigenvalue weighted by Gasteiger charge is -2.38. The normalized spacial score (nSPS) is 25.9. The van der Waals surface area contributed by atoms with Crippen LogP contribution in [0.5, 0.6) is 0 Å². The van der Waals surface area contributed by atoms with E-state index in [1.807, 2.05) is 13.8 Å². The third kappa shape index (κ3) is 3.87. The van der Waals surface area contributed by atoms with Crippen LogP contribution in [0.1, 0.15) is 27.2 Å². The first kappa shape index (κ1) is 14.8. The molecule has 6 nitrogen and oxygen atoms in total. The summed E-state index contributed by atoms with van der Waals surface area (Å²) in [6.07, 6.45) is 0.144. The minimum Gasteiger partial charge on any atom is -0.393 e. The van der Waals surface area contributed by atoms with Gasteiger partial charge >= 0.3 is 6.03 Å². The summed E-state index contributed by atoms with van der Waals surface area (Å²) < 4.78 is 0. The minimum absolute atomic E-state index is 0.0457. The van der Waals surface area contributed by atoms with E-state index < -0.39 is 12.1 Å². The molecule has 0 aliphatic carbocycles. The summed E-state index contributed by atoms with van der Waals surface area (Å²) in [6, 6.07) is -0.648. The molecular weight excluding hydrogens is 234 g/mol. The topological polar surface area (TPSA) is 95.7 Å². The summed E-state index contributed by atoms with van der Waals surface area (Å²) >= 11 is 0. The van der Waals surface area contributed by atoms with Crippen molar-refractivity contribution in [1.82, 2.24) is 10.2 Å². The zero-order valence-electron chi connectivity index (χ0n) is 11.2. The molecule has 1 heterocycles. The van der Waals surface area contributed by atoms with Crippen LogP contribution in [0.4, 0.5) is 4.79 Å². The fourth-order valence-electron chi connectivity index (χ4n) is 2.14. The molecule has 0 spiro atoms. The van der Waals surface area contributed by atoms with E-state index in [9.17, 15) is 14.7 Å². The van der Waals surface area contributed by atoms with Crippen LogP contribution in [0.2, 0.25) is 0 Å². The predicted molar refractivity (Wildman–Crippen MR) is 67.7 cm³/mol. The van der Waals surface area contributed by atoms with Gasteiger partial charge in [0, 0.05) is 31.0 Å². The van der Waals surface area contributed by atoms with Gasteiger partial charge in [-0.15, -0.1) is 0 Å². The monoisotopic (exact) mass is 257 g/mol. The van der Waals surface area contributed by atoms with Crippen LogP contribution in [0.3, 0.4) is 0 Å². The number of nitrogens with one attached hydrogen (secondary N) is 1. The van der Waals surface area contributed by atoms with Crippen LogP contribution in [0, 0.1) is 11.8 Å². The lowest BCUT2D eigenvalue weighted by atomic mass is 9.90.